The van der Waals surface area contributed by atoms with Crippen molar-refractivity contribution in [3.63, 3.8) is 0 Å². The van der Waals surface area contributed by atoms with Crippen LogP contribution >= 0.6 is 0 Å². The molecule has 0 amide bonds. The van der Waals surface area contributed by atoms with Crippen LogP contribution in [-0.2, 0) is 0 Å². The monoisotopic (exact) mass is 735 g/mol. The molecule has 2 unspecified atom stereocenters. The molecule has 0 spiro atoms. The molecule has 2 atom stereocenters. The van der Waals surface area contributed by atoms with Crippen molar-refractivity contribution in [1.29, 1.82) is 0 Å². The number of hydrogen-bond donors (Lipinski definition) is 0. The molecule has 0 fully saturated rings. The highest BCUT2D eigenvalue weighted by Crippen LogP contribution is 2.52. The number of para-hydroxylation sites is 2. The maximum atomic E-state index is 6.72. The van der Waals surface area contributed by atoms with Gasteiger partial charge in [0.05, 0.1) is 22.9 Å². The lowest BCUT2D eigenvalue weighted by atomic mass is 9.86. The van der Waals surface area contributed by atoms with Gasteiger partial charge in [-0.2, -0.15) is 0 Å². The van der Waals surface area contributed by atoms with E-state index in [4.69, 9.17) is 19.4 Å². The number of rotatable bonds is 7. The fourth-order valence-electron chi connectivity index (χ4n) is 8.60. The SMILES string of the molecule is C1=CCCC(N(c2ccccc2)c2ccc(C3=CC4c5ccc6nc(-c7ccccc7)oc6c5N(c5nc(-c6ccccc6)c6ccccc6n5)C4C=C3)cc2)=C1. The van der Waals surface area contributed by atoms with Crippen molar-refractivity contribution in [3.05, 3.63) is 205 Å². The van der Waals surface area contributed by atoms with Crippen LogP contribution in [0, 0.1) is 0 Å². The first-order valence-electron chi connectivity index (χ1n) is 19.6. The average Bonchev–Trinajstić information content (AvgIpc) is 3.87. The van der Waals surface area contributed by atoms with Gasteiger partial charge in [0.15, 0.2) is 5.58 Å². The van der Waals surface area contributed by atoms with Gasteiger partial charge in [-0.3, -0.25) is 4.90 Å². The van der Waals surface area contributed by atoms with Gasteiger partial charge in [0.1, 0.15) is 5.52 Å². The van der Waals surface area contributed by atoms with Gasteiger partial charge in [0, 0.05) is 39.5 Å². The lowest BCUT2D eigenvalue weighted by Crippen LogP contribution is -2.30. The van der Waals surface area contributed by atoms with Crippen LogP contribution in [0.25, 0.3) is 50.3 Å². The van der Waals surface area contributed by atoms with Crippen LogP contribution < -0.4 is 9.80 Å². The number of benzene rings is 6. The van der Waals surface area contributed by atoms with E-state index < -0.39 is 0 Å². The van der Waals surface area contributed by atoms with Crippen LogP contribution in [0.2, 0.25) is 0 Å². The van der Waals surface area contributed by atoms with Crippen molar-refractivity contribution >= 4 is 50.6 Å². The summed E-state index contributed by atoms with van der Waals surface area (Å²) in [6, 6.07) is 52.6. The average molecular weight is 736 g/mol. The van der Waals surface area contributed by atoms with Crippen LogP contribution in [0.4, 0.5) is 23.0 Å². The molecule has 0 N–H and O–H groups in total. The quantitative estimate of drug-likeness (QED) is 0.162. The van der Waals surface area contributed by atoms with Crippen molar-refractivity contribution in [2.45, 2.75) is 24.8 Å². The standard InChI is InChI=1S/C51H37N5O/c1-5-15-35(16-6-1)47-42-23-13-14-24-44(42)53-51(54-47)56-46-32-27-37(33-43(46)41-30-31-45-49(48(41)56)57-50(52-45)36-17-7-2-8-18-36)34-25-28-40(29-26-34)55(38-19-9-3-10-20-38)39-21-11-4-12-22-39/h1-11,13-21,23-33,43,46H,12,22H2. The Morgan fingerprint density at radius 2 is 1.35 bits per heavy atom. The Hall–Kier alpha value is -7.31. The van der Waals surface area contributed by atoms with E-state index in [1.54, 1.807) is 0 Å². The van der Waals surface area contributed by atoms with Crippen LogP contribution in [0.1, 0.15) is 29.9 Å². The molecule has 6 aromatic carbocycles. The number of aromatic nitrogens is 3. The molecule has 0 bridgehead atoms. The fourth-order valence-corrected chi connectivity index (χ4v) is 8.60. The van der Waals surface area contributed by atoms with Crippen LogP contribution in [0.3, 0.4) is 0 Å². The third-order valence-electron chi connectivity index (χ3n) is 11.3. The molecule has 6 heteroatoms. The van der Waals surface area contributed by atoms with E-state index >= 15 is 0 Å². The number of anilines is 4. The molecule has 0 saturated heterocycles. The summed E-state index contributed by atoms with van der Waals surface area (Å²) in [6.45, 7) is 0. The Kier molecular flexibility index (Phi) is 7.99. The third-order valence-corrected chi connectivity index (χ3v) is 11.3. The van der Waals surface area contributed by atoms with E-state index in [1.807, 2.05) is 42.5 Å². The number of oxazole rings is 1. The second-order valence-electron chi connectivity index (χ2n) is 14.7. The van der Waals surface area contributed by atoms with Gasteiger partial charge in [-0.05, 0) is 84.1 Å². The summed E-state index contributed by atoms with van der Waals surface area (Å²) in [6.07, 6.45) is 15.6. The predicted molar refractivity (Wildman–Crippen MR) is 232 cm³/mol. The van der Waals surface area contributed by atoms with Gasteiger partial charge in [0.2, 0.25) is 11.8 Å². The van der Waals surface area contributed by atoms with Gasteiger partial charge in [0.25, 0.3) is 0 Å². The maximum absolute atomic E-state index is 6.72. The molecule has 0 saturated carbocycles. The first-order valence-corrected chi connectivity index (χ1v) is 19.6. The molecule has 11 rings (SSSR count). The van der Waals surface area contributed by atoms with Crippen molar-refractivity contribution in [2.24, 2.45) is 0 Å². The summed E-state index contributed by atoms with van der Waals surface area (Å²) in [4.78, 5) is 20.3. The molecular weight excluding hydrogens is 699 g/mol. The zero-order valence-corrected chi connectivity index (χ0v) is 31.1. The lowest BCUT2D eigenvalue weighted by Gasteiger charge is -2.29. The summed E-state index contributed by atoms with van der Waals surface area (Å²) in [5.74, 6) is 1.24. The Morgan fingerprint density at radius 1 is 0.632 bits per heavy atom. The number of fused-ring (bicyclic) bond motifs is 6. The Balaban J connectivity index is 1.04. The molecule has 1 aliphatic heterocycles. The highest BCUT2D eigenvalue weighted by molar-refractivity contribution is 5.98. The third kappa shape index (κ3) is 5.76. The van der Waals surface area contributed by atoms with Crippen LogP contribution in [0.15, 0.2) is 198 Å². The first kappa shape index (κ1) is 33.1. The van der Waals surface area contributed by atoms with Gasteiger partial charge < -0.3 is 9.32 Å². The van der Waals surface area contributed by atoms with E-state index in [1.165, 1.54) is 16.8 Å². The van der Waals surface area contributed by atoms with E-state index in [-0.39, 0.29) is 12.0 Å². The van der Waals surface area contributed by atoms with E-state index in [0.29, 0.717) is 11.8 Å². The summed E-state index contributed by atoms with van der Waals surface area (Å²) in [5.41, 5.74) is 13.4. The van der Waals surface area contributed by atoms with Crippen molar-refractivity contribution in [3.8, 4) is 22.7 Å². The van der Waals surface area contributed by atoms with Crippen LogP contribution in [-0.4, -0.2) is 21.0 Å². The van der Waals surface area contributed by atoms with Gasteiger partial charge >= 0.3 is 0 Å². The molecule has 0 radical (unpaired) electrons. The van der Waals surface area contributed by atoms with Crippen molar-refractivity contribution < 1.29 is 4.42 Å². The number of nitrogens with zero attached hydrogens (tertiary/aromatic N) is 5. The van der Waals surface area contributed by atoms with Gasteiger partial charge in [-0.1, -0.05) is 134 Å². The number of allylic oxidation sites excluding steroid dienone is 6. The lowest BCUT2D eigenvalue weighted by molar-refractivity contribution is 0.619. The highest BCUT2D eigenvalue weighted by Gasteiger charge is 2.42. The normalized spacial score (nSPS) is 17.0. The molecule has 6 nitrogen and oxygen atoms in total. The number of hydrogen-bond acceptors (Lipinski definition) is 6. The van der Waals surface area contributed by atoms with Crippen LogP contribution in [0.5, 0.6) is 0 Å². The predicted octanol–water partition coefficient (Wildman–Crippen LogP) is 12.7. The molecule has 57 heavy (non-hydrogen) atoms. The topological polar surface area (TPSA) is 58.3 Å². The Bertz CT molecular complexity index is 2910. The van der Waals surface area contributed by atoms with Crippen molar-refractivity contribution in [1.82, 2.24) is 15.0 Å². The first-order chi connectivity index (χ1) is 28.3. The molecule has 2 aromatic heterocycles. The van der Waals surface area contributed by atoms with Crippen molar-refractivity contribution in [2.75, 3.05) is 9.80 Å². The Morgan fingerprint density at radius 3 is 2.12 bits per heavy atom. The largest absolute Gasteiger partial charge is 0.434 e. The zero-order valence-electron chi connectivity index (χ0n) is 31.1. The molecule has 3 aliphatic rings. The van der Waals surface area contributed by atoms with Gasteiger partial charge in [-0.25, -0.2) is 15.0 Å². The summed E-state index contributed by atoms with van der Waals surface area (Å²) >= 11 is 0. The second-order valence-corrected chi connectivity index (χ2v) is 14.7. The smallest absolute Gasteiger partial charge is 0.231 e. The summed E-state index contributed by atoms with van der Waals surface area (Å²) in [7, 11) is 0. The van der Waals surface area contributed by atoms with E-state index in [9.17, 15) is 0 Å². The molecular formula is C51H37N5O. The Labute approximate surface area is 331 Å². The minimum absolute atomic E-state index is 0.0181. The molecule has 3 heterocycles. The molecule has 2 aliphatic carbocycles. The second kappa shape index (κ2) is 13.8. The van der Waals surface area contributed by atoms with Gasteiger partial charge in [-0.15, -0.1) is 0 Å². The molecule has 8 aromatic rings. The fraction of sp³-hybridized carbons (Fsp3) is 0.0784. The molecule has 272 valence electrons. The van der Waals surface area contributed by atoms with E-state index in [2.05, 4.69) is 155 Å². The van der Waals surface area contributed by atoms with E-state index in [0.717, 1.165) is 74.3 Å². The minimum atomic E-state index is -0.0800. The summed E-state index contributed by atoms with van der Waals surface area (Å²) in [5, 5.41) is 1.01. The zero-order chi connectivity index (χ0) is 37.7. The summed E-state index contributed by atoms with van der Waals surface area (Å²) < 4.78 is 6.72. The highest BCUT2D eigenvalue weighted by atomic mass is 16.3. The maximum Gasteiger partial charge on any atom is 0.231 e. The minimum Gasteiger partial charge on any atom is -0.434 e.